The molecule has 7 nitrogen and oxygen atoms in total. The van der Waals surface area contributed by atoms with Crippen molar-refractivity contribution < 1.29 is 24.2 Å². The van der Waals surface area contributed by atoms with Crippen LogP contribution in [0.15, 0.2) is 48.5 Å². The summed E-state index contributed by atoms with van der Waals surface area (Å²) in [6.45, 7) is 6.72. The van der Waals surface area contributed by atoms with Gasteiger partial charge in [0.1, 0.15) is 6.61 Å². The number of nitrogens with zero attached hydrogens (tertiary/aromatic N) is 1. The van der Waals surface area contributed by atoms with Crippen LogP contribution in [0.4, 0.5) is 4.79 Å². The van der Waals surface area contributed by atoms with Gasteiger partial charge in [-0.15, -0.1) is 0 Å². The molecule has 35 heavy (non-hydrogen) atoms. The molecular weight excluding hydrogens is 444 g/mol. The quantitative estimate of drug-likeness (QED) is 0.604. The van der Waals surface area contributed by atoms with E-state index in [9.17, 15) is 19.5 Å². The first-order valence-corrected chi connectivity index (χ1v) is 12.3. The number of amides is 2. The van der Waals surface area contributed by atoms with E-state index in [1.807, 2.05) is 38.1 Å². The molecule has 2 aromatic carbocycles. The van der Waals surface area contributed by atoms with E-state index < -0.39 is 23.4 Å². The van der Waals surface area contributed by atoms with E-state index in [1.54, 1.807) is 11.8 Å². The minimum atomic E-state index is -0.855. The van der Waals surface area contributed by atoms with Gasteiger partial charge >= 0.3 is 12.1 Å². The fourth-order valence-electron chi connectivity index (χ4n) is 5.36. The van der Waals surface area contributed by atoms with Gasteiger partial charge < -0.3 is 20.1 Å². The summed E-state index contributed by atoms with van der Waals surface area (Å²) in [6, 6.07) is 16.0. The van der Waals surface area contributed by atoms with Crippen LogP contribution in [0.1, 0.15) is 57.1 Å². The minimum Gasteiger partial charge on any atom is -0.481 e. The molecule has 0 spiro atoms. The third kappa shape index (κ3) is 5.34. The van der Waals surface area contributed by atoms with Crippen molar-refractivity contribution in [2.45, 2.75) is 52.0 Å². The normalized spacial score (nSPS) is 19.6. The van der Waals surface area contributed by atoms with Crippen LogP contribution < -0.4 is 5.32 Å². The second-order valence-electron chi connectivity index (χ2n) is 10.4. The fourth-order valence-corrected chi connectivity index (χ4v) is 5.36. The Balaban J connectivity index is 1.30. The fraction of sp³-hybridized carbons (Fsp3) is 0.464. The number of fused-ring (bicyclic) bond motifs is 3. The van der Waals surface area contributed by atoms with Crippen LogP contribution in [0.3, 0.4) is 0 Å². The first-order valence-electron chi connectivity index (χ1n) is 12.3. The average molecular weight is 479 g/mol. The molecule has 7 heteroatoms. The van der Waals surface area contributed by atoms with E-state index in [0.29, 0.717) is 19.4 Å². The van der Waals surface area contributed by atoms with Gasteiger partial charge in [-0.1, -0.05) is 62.4 Å². The molecule has 1 aliphatic heterocycles. The summed E-state index contributed by atoms with van der Waals surface area (Å²) < 4.78 is 5.60. The number of alkyl carbamates (subject to hydrolysis) is 1. The summed E-state index contributed by atoms with van der Waals surface area (Å²) in [5, 5.41) is 12.2. The molecule has 2 aliphatic rings. The van der Waals surface area contributed by atoms with Crippen molar-refractivity contribution in [3.8, 4) is 11.1 Å². The van der Waals surface area contributed by atoms with Gasteiger partial charge in [0, 0.05) is 31.5 Å². The number of carboxylic acid groups (broad SMARTS) is 1. The van der Waals surface area contributed by atoms with Crippen LogP contribution in [0.25, 0.3) is 11.1 Å². The number of piperidine rings is 1. The zero-order valence-corrected chi connectivity index (χ0v) is 20.6. The summed E-state index contributed by atoms with van der Waals surface area (Å²) >= 11 is 0. The predicted molar refractivity (Wildman–Crippen MR) is 133 cm³/mol. The molecule has 2 unspecified atom stereocenters. The van der Waals surface area contributed by atoms with Crippen molar-refractivity contribution in [2.75, 3.05) is 19.7 Å². The topological polar surface area (TPSA) is 95.9 Å². The molecule has 1 aliphatic carbocycles. The van der Waals surface area contributed by atoms with E-state index >= 15 is 0 Å². The summed E-state index contributed by atoms with van der Waals surface area (Å²) in [6.07, 6.45) is 0.982. The van der Waals surface area contributed by atoms with Crippen molar-refractivity contribution in [2.24, 2.45) is 11.3 Å². The molecule has 2 N–H and O–H groups in total. The van der Waals surface area contributed by atoms with Crippen molar-refractivity contribution in [3.05, 3.63) is 59.7 Å². The molecule has 2 amide bonds. The lowest BCUT2D eigenvalue weighted by molar-refractivity contribution is -0.149. The van der Waals surface area contributed by atoms with Gasteiger partial charge in [0.15, 0.2) is 0 Å². The molecule has 1 saturated heterocycles. The van der Waals surface area contributed by atoms with Crippen LogP contribution >= 0.6 is 0 Å². The average Bonchev–Trinajstić information content (AvgIpc) is 3.15. The van der Waals surface area contributed by atoms with E-state index in [1.165, 1.54) is 11.1 Å². The number of carbonyl (C=O) groups is 3. The van der Waals surface area contributed by atoms with E-state index in [-0.39, 0.29) is 37.4 Å². The number of rotatable bonds is 7. The minimum absolute atomic E-state index is 0.00879. The van der Waals surface area contributed by atoms with Gasteiger partial charge in [-0.2, -0.15) is 0 Å². The van der Waals surface area contributed by atoms with E-state index in [4.69, 9.17) is 4.74 Å². The van der Waals surface area contributed by atoms with Gasteiger partial charge in [0.2, 0.25) is 5.91 Å². The zero-order chi connectivity index (χ0) is 25.2. The number of ether oxygens (including phenoxy) is 1. The number of nitrogens with one attached hydrogen (secondary N) is 1. The van der Waals surface area contributed by atoms with Crippen molar-refractivity contribution in [3.63, 3.8) is 0 Å². The second kappa shape index (κ2) is 10.1. The Kier molecular flexibility index (Phi) is 7.15. The Hall–Kier alpha value is -3.35. The predicted octanol–water partition coefficient (Wildman–Crippen LogP) is 4.65. The highest BCUT2D eigenvalue weighted by atomic mass is 16.5. The smallest absolute Gasteiger partial charge is 0.407 e. The van der Waals surface area contributed by atoms with Crippen LogP contribution in [-0.4, -0.2) is 53.7 Å². The van der Waals surface area contributed by atoms with Crippen LogP contribution in [0.5, 0.6) is 0 Å². The first-order chi connectivity index (χ1) is 16.7. The Labute approximate surface area is 206 Å². The zero-order valence-electron chi connectivity index (χ0n) is 20.6. The first kappa shape index (κ1) is 24.8. The number of likely N-dealkylation sites (tertiary alicyclic amines) is 1. The van der Waals surface area contributed by atoms with Gasteiger partial charge in [0.25, 0.3) is 0 Å². The molecular formula is C28H34N2O5. The molecule has 1 heterocycles. The van der Waals surface area contributed by atoms with Crippen LogP contribution in [-0.2, 0) is 14.3 Å². The summed E-state index contributed by atoms with van der Waals surface area (Å²) in [5.41, 5.74) is 4.16. The molecule has 2 aromatic rings. The molecule has 0 aromatic heterocycles. The van der Waals surface area contributed by atoms with Gasteiger partial charge in [-0.25, -0.2) is 4.79 Å². The molecule has 2 atom stereocenters. The van der Waals surface area contributed by atoms with Crippen molar-refractivity contribution >= 4 is 18.0 Å². The second-order valence-corrected chi connectivity index (χ2v) is 10.4. The Morgan fingerprint density at radius 2 is 1.66 bits per heavy atom. The van der Waals surface area contributed by atoms with Gasteiger partial charge in [-0.05, 0) is 47.4 Å². The largest absolute Gasteiger partial charge is 0.481 e. The molecule has 0 bridgehead atoms. The third-order valence-corrected chi connectivity index (χ3v) is 7.31. The molecule has 1 fully saturated rings. The van der Waals surface area contributed by atoms with Crippen LogP contribution in [0.2, 0.25) is 0 Å². The molecule has 0 saturated carbocycles. The van der Waals surface area contributed by atoms with E-state index in [2.05, 4.69) is 29.6 Å². The molecule has 4 rings (SSSR count). The molecule has 186 valence electrons. The SMILES string of the molecule is CC1C(C(=O)O)CCCN1C(=O)CC(C)(C)CNC(=O)OCC1c2ccccc2-c2ccccc21. The monoisotopic (exact) mass is 478 g/mol. The highest BCUT2D eigenvalue weighted by Crippen LogP contribution is 2.44. The Bertz CT molecular complexity index is 1070. The number of hydrogen-bond acceptors (Lipinski definition) is 4. The summed E-state index contributed by atoms with van der Waals surface area (Å²) in [4.78, 5) is 38.7. The van der Waals surface area contributed by atoms with Crippen molar-refractivity contribution in [1.82, 2.24) is 10.2 Å². The van der Waals surface area contributed by atoms with Gasteiger partial charge in [-0.3, -0.25) is 9.59 Å². The number of carbonyl (C=O) groups excluding carboxylic acids is 2. The number of carboxylic acids is 1. The van der Waals surface area contributed by atoms with E-state index in [0.717, 1.165) is 11.1 Å². The Morgan fingerprint density at radius 3 is 2.26 bits per heavy atom. The lowest BCUT2D eigenvalue weighted by atomic mass is 9.86. The molecule has 0 radical (unpaired) electrons. The van der Waals surface area contributed by atoms with Gasteiger partial charge in [0.05, 0.1) is 5.92 Å². The maximum Gasteiger partial charge on any atom is 0.407 e. The summed E-state index contributed by atoms with van der Waals surface area (Å²) in [5.74, 6) is -1.48. The lowest BCUT2D eigenvalue weighted by Crippen LogP contribution is -2.50. The summed E-state index contributed by atoms with van der Waals surface area (Å²) in [7, 11) is 0. The van der Waals surface area contributed by atoms with Crippen LogP contribution in [0, 0.1) is 11.3 Å². The highest BCUT2D eigenvalue weighted by molar-refractivity contribution is 5.80. The number of benzene rings is 2. The maximum absolute atomic E-state index is 13.0. The lowest BCUT2D eigenvalue weighted by Gasteiger charge is -2.39. The Morgan fingerprint density at radius 1 is 1.06 bits per heavy atom. The maximum atomic E-state index is 13.0. The number of aliphatic carboxylic acids is 1. The standard InChI is InChI=1S/C28H34N2O5/c1-18-19(26(32)33)13-8-14-30(18)25(31)15-28(2,3)17-29-27(34)35-16-24-22-11-6-4-9-20(22)21-10-5-7-12-23(21)24/h4-7,9-12,18-19,24H,8,13-17H2,1-3H3,(H,29,34)(H,32,33). The van der Waals surface area contributed by atoms with Crippen molar-refractivity contribution in [1.29, 1.82) is 0 Å². The highest BCUT2D eigenvalue weighted by Gasteiger charge is 2.37. The third-order valence-electron chi connectivity index (χ3n) is 7.31. The number of hydrogen-bond donors (Lipinski definition) is 2.